The first-order valence-electron chi connectivity index (χ1n) is 13.0. The van der Waals surface area contributed by atoms with Crippen LogP contribution in [0.1, 0.15) is 47.0 Å². The highest BCUT2D eigenvalue weighted by Crippen LogP contribution is 2.27. The van der Waals surface area contributed by atoms with Crippen LogP contribution in [0.5, 0.6) is 0 Å². The lowest BCUT2D eigenvalue weighted by Gasteiger charge is -2.25. The van der Waals surface area contributed by atoms with Crippen LogP contribution in [0.25, 0.3) is 22.6 Å². The number of anilines is 1. The number of hydrogen-bond donors (Lipinski definition) is 1. The maximum absolute atomic E-state index is 12.1. The zero-order valence-corrected chi connectivity index (χ0v) is 24.9. The van der Waals surface area contributed by atoms with Crippen LogP contribution in [-0.4, -0.2) is 66.6 Å². The smallest absolute Gasteiger partial charge is 0.223 e. The molecular formula is C28H42BrN4O2S+. The molecule has 0 unspecified atom stereocenters. The lowest BCUT2D eigenvalue weighted by molar-refractivity contribution is -0.131. The van der Waals surface area contributed by atoms with E-state index in [4.69, 9.17) is 9.40 Å². The van der Waals surface area contributed by atoms with E-state index in [1.54, 1.807) is 0 Å². The molecule has 8 heteroatoms. The summed E-state index contributed by atoms with van der Waals surface area (Å²) in [5, 5.41) is 1.11. The molecule has 36 heavy (non-hydrogen) atoms. The molecule has 1 aliphatic carbocycles. The van der Waals surface area contributed by atoms with Crippen LogP contribution in [0.3, 0.4) is 0 Å². The van der Waals surface area contributed by atoms with Gasteiger partial charge >= 0.3 is 0 Å². The lowest BCUT2D eigenvalue weighted by Crippen LogP contribution is -2.50. The Morgan fingerprint density at radius 3 is 2.31 bits per heavy atom. The fourth-order valence-corrected chi connectivity index (χ4v) is 4.24. The Labute approximate surface area is 230 Å². The number of alkyl halides is 1. The van der Waals surface area contributed by atoms with Crippen molar-refractivity contribution in [1.29, 1.82) is 0 Å². The summed E-state index contributed by atoms with van der Waals surface area (Å²) in [5.41, 5.74) is 3.66. The summed E-state index contributed by atoms with van der Waals surface area (Å²) in [6.45, 7) is 13.7. The average molecular weight is 579 g/mol. The molecular weight excluding hydrogens is 536 g/mol. The lowest BCUT2D eigenvalue weighted by atomic mass is 10.2. The van der Waals surface area contributed by atoms with E-state index in [-0.39, 0.29) is 5.91 Å². The van der Waals surface area contributed by atoms with Crippen molar-refractivity contribution in [3.8, 4) is 11.5 Å². The number of piperazine rings is 1. The Morgan fingerprint density at radius 1 is 1.06 bits per heavy atom. The molecule has 6 nitrogen and oxygen atoms in total. The van der Waals surface area contributed by atoms with Crippen molar-refractivity contribution >= 4 is 51.3 Å². The number of halogens is 1. The van der Waals surface area contributed by atoms with Crippen LogP contribution in [0.4, 0.5) is 5.69 Å². The molecule has 0 bridgehead atoms. The second kappa shape index (κ2) is 15.9. The number of benzene rings is 2. The monoisotopic (exact) mass is 577 g/mol. The predicted octanol–water partition coefficient (Wildman–Crippen LogP) is 5.53. The number of fused-ring (bicyclic) bond motifs is 2. The first-order chi connectivity index (χ1) is 17.5. The van der Waals surface area contributed by atoms with Crippen molar-refractivity contribution in [2.45, 2.75) is 47.0 Å². The molecule has 0 aromatic heterocycles. The van der Waals surface area contributed by atoms with Crippen molar-refractivity contribution in [2.75, 3.05) is 55.8 Å². The summed E-state index contributed by atoms with van der Waals surface area (Å²) in [5.74, 6) is 3.39. The predicted molar refractivity (Wildman–Crippen MR) is 160 cm³/mol. The summed E-state index contributed by atoms with van der Waals surface area (Å²) < 4.78 is 8.56. The molecule has 2 heterocycles. The molecule has 1 aromatic carbocycles. The third-order valence-electron chi connectivity index (χ3n) is 6.30. The van der Waals surface area contributed by atoms with Gasteiger partial charge in [0.25, 0.3) is 0 Å². The average Bonchev–Trinajstić information content (AvgIpc) is 2.93. The van der Waals surface area contributed by atoms with Crippen molar-refractivity contribution in [2.24, 2.45) is 0 Å². The molecule has 1 saturated heterocycles. The largest absolute Gasteiger partial charge is 0.452 e. The zero-order chi connectivity index (χ0) is 26.5. The number of aromatic nitrogens is 1. The van der Waals surface area contributed by atoms with E-state index >= 15 is 0 Å². The number of unbranched alkanes of at least 4 members (excludes halogenated alkanes) is 1. The number of amides is 1. The molecule has 0 radical (unpaired) electrons. The standard InChI is InChI=1S/C23H28N4O2S.C4H10.CH3Br/c1-3-25(4-2)17-5-7-19-21(15-17)29-22-16-18(6-8-20(22)24-19)26-10-12-27(13-11-26)23(28)9-14-30;1-3-4-2;1-2/h5-8,15-16H,3-4,9-14H2,1-2H3;3-4H2,1-2H3;1H3/p+1. The maximum Gasteiger partial charge on any atom is 0.223 e. The third-order valence-corrected chi connectivity index (χ3v) is 6.52. The van der Waals surface area contributed by atoms with E-state index in [1.165, 1.54) is 12.8 Å². The van der Waals surface area contributed by atoms with Crippen LogP contribution in [0.2, 0.25) is 0 Å². The Morgan fingerprint density at radius 2 is 1.72 bits per heavy atom. The van der Waals surface area contributed by atoms with E-state index < -0.39 is 0 Å². The molecule has 4 rings (SSSR count). The first kappa shape index (κ1) is 30.2. The summed E-state index contributed by atoms with van der Waals surface area (Å²) in [6.07, 6.45) is 3.15. The van der Waals surface area contributed by atoms with Gasteiger partial charge in [-0.15, -0.1) is 0 Å². The fourth-order valence-electron chi connectivity index (χ4n) is 4.05. The second-order valence-corrected chi connectivity index (χ2v) is 8.98. The van der Waals surface area contributed by atoms with Gasteiger partial charge in [0.1, 0.15) is 11.2 Å². The van der Waals surface area contributed by atoms with Crippen LogP contribution in [-0.2, 0) is 4.79 Å². The van der Waals surface area contributed by atoms with Gasteiger partial charge in [-0.1, -0.05) is 42.6 Å². The molecule has 2 aliphatic heterocycles. The number of hydrogen-bond acceptors (Lipinski definition) is 5. The van der Waals surface area contributed by atoms with Gasteiger partial charge in [0.05, 0.1) is 19.2 Å². The number of thiol groups is 1. The first-order valence-corrected chi connectivity index (χ1v) is 15.2. The minimum atomic E-state index is 0.192. The molecule has 0 atom stereocenters. The Bertz CT molecular complexity index is 1120. The van der Waals surface area contributed by atoms with Crippen LogP contribution in [0.15, 0.2) is 40.8 Å². The highest BCUT2D eigenvalue weighted by molar-refractivity contribution is 9.08. The molecule has 0 spiro atoms. The van der Waals surface area contributed by atoms with Crippen molar-refractivity contribution in [3.05, 3.63) is 41.8 Å². The number of rotatable bonds is 6. The molecule has 0 N–H and O–H groups in total. The normalized spacial score (nSPS) is 13.1. The molecule has 3 aliphatic rings. The van der Waals surface area contributed by atoms with E-state index in [0.29, 0.717) is 12.2 Å². The summed E-state index contributed by atoms with van der Waals surface area (Å²) >= 11 is 7.10. The van der Waals surface area contributed by atoms with E-state index in [9.17, 15) is 4.79 Å². The van der Waals surface area contributed by atoms with Gasteiger partial charge in [-0.05, 0) is 43.6 Å². The summed E-state index contributed by atoms with van der Waals surface area (Å²) in [6, 6.07) is 12.4. The number of nitrogens with zero attached hydrogens (tertiary/aromatic N) is 4. The highest BCUT2D eigenvalue weighted by atomic mass is 79.9. The quantitative estimate of drug-likeness (QED) is 0.181. The van der Waals surface area contributed by atoms with E-state index in [2.05, 4.69) is 90.0 Å². The SMILES string of the molecule is CBr.CCCC.CCN(CC)c1ccc2nc3ccc(=[N+]4CCN(C(=O)CCS)CC4)cc-3oc2c1. The number of carbonyl (C=O) groups excluding carboxylic acids is 1. The maximum atomic E-state index is 12.1. The van der Waals surface area contributed by atoms with Gasteiger partial charge in [-0.25, -0.2) is 9.56 Å². The van der Waals surface area contributed by atoms with E-state index in [0.717, 1.165) is 72.9 Å². The van der Waals surface area contributed by atoms with Crippen molar-refractivity contribution < 1.29 is 9.21 Å². The third kappa shape index (κ3) is 7.97. The molecule has 1 fully saturated rings. The van der Waals surface area contributed by atoms with Crippen molar-refractivity contribution in [1.82, 2.24) is 14.5 Å². The fraction of sp³-hybridized carbons (Fsp3) is 0.536. The minimum Gasteiger partial charge on any atom is -0.452 e. The Kier molecular flexibility index (Phi) is 13.3. The Balaban J connectivity index is 0.000000694. The zero-order valence-electron chi connectivity index (χ0n) is 22.5. The molecule has 1 amide bonds. The molecule has 198 valence electrons. The van der Waals surface area contributed by atoms with Gasteiger partial charge in [-0.2, -0.15) is 12.6 Å². The van der Waals surface area contributed by atoms with Crippen LogP contribution in [0, 0.1) is 0 Å². The van der Waals surface area contributed by atoms with Crippen LogP contribution >= 0.6 is 28.6 Å². The van der Waals surface area contributed by atoms with Gasteiger partial charge in [0.2, 0.25) is 11.3 Å². The second-order valence-electron chi connectivity index (χ2n) is 8.53. The number of carbonyl (C=O) groups is 1. The minimum absolute atomic E-state index is 0.192. The summed E-state index contributed by atoms with van der Waals surface area (Å²) in [7, 11) is 0. The van der Waals surface area contributed by atoms with Crippen molar-refractivity contribution in [3.63, 3.8) is 0 Å². The highest BCUT2D eigenvalue weighted by Gasteiger charge is 2.23. The van der Waals surface area contributed by atoms with Gasteiger partial charge in [0, 0.05) is 37.3 Å². The van der Waals surface area contributed by atoms with Gasteiger partial charge in [0.15, 0.2) is 24.4 Å². The topological polar surface area (TPSA) is 52.6 Å². The summed E-state index contributed by atoms with van der Waals surface area (Å²) in [4.78, 5) is 21.1. The van der Waals surface area contributed by atoms with E-state index in [1.807, 2.05) is 22.9 Å². The van der Waals surface area contributed by atoms with Gasteiger partial charge < -0.3 is 14.2 Å². The Hall–Kier alpha value is -2.06. The molecule has 0 saturated carbocycles. The van der Waals surface area contributed by atoms with Crippen LogP contribution < -0.4 is 14.8 Å². The van der Waals surface area contributed by atoms with Gasteiger partial charge in [-0.3, -0.25) is 4.79 Å². The molecule has 1 aromatic rings.